The standard InChI is InChI=1S/C18H24N2O/c1-20(15-17-8-5-7-16(13-17)14-19)11-6-12-21-18-9-3-2-4-10-18/h2-5,7-10,13H,6,11-12,14-15,19H2,1H3. The molecule has 112 valence electrons. The Balaban J connectivity index is 1.68. The van der Waals surface area contributed by atoms with E-state index in [1.807, 2.05) is 30.3 Å². The van der Waals surface area contributed by atoms with Gasteiger partial charge in [-0.05, 0) is 36.7 Å². The molecule has 2 aromatic rings. The van der Waals surface area contributed by atoms with Gasteiger partial charge in [-0.15, -0.1) is 0 Å². The van der Waals surface area contributed by atoms with E-state index in [-0.39, 0.29) is 0 Å². The Morgan fingerprint density at radius 1 is 1.00 bits per heavy atom. The third-order valence-corrected chi connectivity index (χ3v) is 3.38. The fourth-order valence-corrected chi connectivity index (χ4v) is 2.29. The van der Waals surface area contributed by atoms with Gasteiger partial charge in [0.1, 0.15) is 5.75 Å². The van der Waals surface area contributed by atoms with Gasteiger partial charge in [0, 0.05) is 19.6 Å². The van der Waals surface area contributed by atoms with Crippen molar-refractivity contribution in [2.75, 3.05) is 20.2 Å². The molecule has 0 aromatic heterocycles. The topological polar surface area (TPSA) is 38.5 Å². The van der Waals surface area contributed by atoms with Crippen molar-refractivity contribution < 1.29 is 4.74 Å². The van der Waals surface area contributed by atoms with Gasteiger partial charge in [0.2, 0.25) is 0 Å². The number of hydrogen-bond acceptors (Lipinski definition) is 3. The van der Waals surface area contributed by atoms with E-state index in [2.05, 4.69) is 36.2 Å². The summed E-state index contributed by atoms with van der Waals surface area (Å²) in [7, 11) is 2.14. The summed E-state index contributed by atoms with van der Waals surface area (Å²) in [5, 5.41) is 0. The number of para-hydroxylation sites is 1. The van der Waals surface area contributed by atoms with E-state index in [1.54, 1.807) is 0 Å². The van der Waals surface area contributed by atoms with Crippen LogP contribution in [-0.4, -0.2) is 25.1 Å². The summed E-state index contributed by atoms with van der Waals surface area (Å²) in [5.41, 5.74) is 8.17. The number of benzene rings is 2. The molecule has 0 radical (unpaired) electrons. The van der Waals surface area contributed by atoms with Crippen LogP contribution in [0, 0.1) is 0 Å². The zero-order chi connectivity index (χ0) is 14.9. The molecule has 21 heavy (non-hydrogen) atoms. The van der Waals surface area contributed by atoms with E-state index in [1.165, 1.54) is 11.1 Å². The molecule has 0 aliphatic carbocycles. The molecule has 2 rings (SSSR count). The normalized spacial score (nSPS) is 10.8. The van der Waals surface area contributed by atoms with Crippen LogP contribution in [0.25, 0.3) is 0 Å². The quantitative estimate of drug-likeness (QED) is 0.757. The molecule has 0 amide bonds. The van der Waals surface area contributed by atoms with Crippen molar-refractivity contribution in [3.63, 3.8) is 0 Å². The Labute approximate surface area is 127 Å². The monoisotopic (exact) mass is 284 g/mol. The van der Waals surface area contributed by atoms with Gasteiger partial charge in [-0.1, -0.05) is 42.5 Å². The molecule has 3 heteroatoms. The highest BCUT2D eigenvalue weighted by Gasteiger charge is 2.01. The molecule has 0 bridgehead atoms. The number of nitrogens with zero attached hydrogens (tertiary/aromatic N) is 1. The summed E-state index contributed by atoms with van der Waals surface area (Å²) in [6, 6.07) is 18.4. The van der Waals surface area contributed by atoms with Crippen LogP contribution in [0.4, 0.5) is 0 Å². The van der Waals surface area contributed by atoms with Gasteiger partial charge in [0.05, 0.1) is 6.61 Å². The van der Waals surface area contributed by atoms with Gasteiger partial charge in [0.25, 0.3) is 0 Å². The molecule has 0 aliphatic rings. The third kappa shape index (κ3) is 5.58. The first-order valence-corrected chi connectivity index (χ1v) is 7.42. The Hall–Kier alpha value is -1.84. The first-order valence-electron chi connectivity index (χ1n) is 7.42. The molecule has 0 heterocycles. The summed E-state index contributed by atoms with van der Waals surface area (Å²) in [6.07, 6.45) is 1.02. The van der Waals surface area contributed by atoms with Gasteiger partial charge < -0.3 is 15.4 Å². The van der Waals surface area contributed by atoms with Crippen molar-refractivity contribution in [2.45, 2.75) is 19.5 Å². The van der Waals surface area contributed by atoms with Gasteiger partial charge >= 0.3 is 0 Å². The van der Waals surface area contributed by atoms with Crippen molar-refractivity contribution in [3.8, 4) is 5.75 Å². The lowest BCUT2D eigenvalue weighted by atomic mass is 10.1. The summed E-state index contributed by atoms with van der Waals surface area (Å²) in [4.78, 5) is 2.31. The second-order valence-electron chi connectivity index (χ2n) is 5.28. The largest absolute Gasteiger partial charge is 0.494 e. The van der Waals surface area contributed by atoms with Crippen molar-refractivity contribution in [1.29, 1.82) is 0 Å². The third-order valence-electron chi connectivity index (χ3n) is 3.38. The molecule has 2 N–H and O–H groups in total. The molecule has 0 atom stereocenters. The molecule has 0 unspecified atom stereocenters. The molecule has 2 aromatic carbocycles. The van der Waals surface area contributed by atoms with E-state index in [0.29, 0.717) is 6.54 Å². The smallest absolute Gasteiger partial charge is 0.119 e. The van der Waals surface area contributed by atoms with Crippen LogP contribution >= 0.6 is 0 Å². The fraction of sp³-hybridized carbons (Fsp3) is 0.333. The van der Waals surface area contributed by atoms with Gasteiger partial charge in [-0.25, -0.2) is 0 Å². The molecule has 0 aliphatic heterocycles. The number of nitrogens with two attached hydrogens (primary N) is 1. The molecule has 0 fully saturated rings. The van der Waals surface area contributed by atoms with Crippen molar-refractivity contribution in [2.24, 2.45) is 5.73 Å². The van der Waals surface area contributed by atoms with Crippen LogP contribution in [0.15, 0.2) is 54.6 Å². The highest BCUT2D eigenvalue weighted by Crippen LogP contribution is 2.10. The molecule has 0 saturated carbocycles. The van der Waals surface area contributed by atoms with Crippen LogP contribution in [0.2, 0.25) is 0 Å². The highest BCUT2D eigenvalue weighted by atomic mass is 16.5. The van der Waals surface area contributed by atoms with Crippen LogP contribution < -0.4 is 10.5 Å². The van der Waals surface area contributed by atoms with E-state index in [9.17, 15) is 0 Å². The predicted octanol–water partition coefficient (Wildman–Crippen LogP) is 3.05. The summed E-state index contributed by atoms with van der Waals surface area (Å²) in [6.45, 7) is 3.30. The Bertz CT molecular complexity index is 528. The Kier molecular flexibility index (Phi) is 6.25. The lowest BCUT2D eigenvalue weighted by molar-refractivity contribution is 0.259. The molecular formula is C18H24N2O. The van der Waals surface area contributed by atoms with Crippen molar-refractivity contribution in [1.82, 2.24) is 4.90 Å². The van der Waals surface area contributed by atoms with Gasteiger partial charge in [-0.3, -0.25) is 0 Å². The second-order valence-corrected chi connectivity index (χ2v) is 5.28. The number of hydrogen-bond donors (Lipinski definition) is 1. The summed E-state index contributed by atoms with van der Waals surface area (Å²) < 4.78 is 5.70. The molecule has 3 nitrogen and oxygen atoms in total. The SMILES string of the molecule is CN(CCCOc1ccccc1)Cc1cccc(CN)c1. The molecule has 0 saturated heterocycles. The average Bonchev–Trinajstić information content (AvgIpc) is 2.53. The zero-order valence-electron chi connectivity index (χ0n) is 12.7. The van der Waals surface area contributed by atoms with E-state index < -0.39 is 0 Å². The van der Waals surface area contributed by atoms with E-state index >= 15 is 0 Å². The van der Waals surface area contributed by atoms with E-state index in [4.69, 9.17) is 10.5 Å². The summed E-state index contributed by atoms with van der Waals surface area (Å²) in [5.74, 6) is 0.941. The fourth-order valence-electron chi connectivity index (χ4n) is 2.29. The van der Waals surface area contributed by atoms with Crippen molar-refractivity contribution >= 4 is 0 Å². The predicted molar refractivity (Wildman–Crippen MR) is 87.2 cm³/mol. The summed E-state index contributed by atoms with van der Waals surface area (Å²) >= 11 is 0. The average molecular weight is 284 g/mol. The van der Waals surface area contributed by atoms with Crippen LogP contribution in [0.5, 0.6) is 5.75 Å². The lowest BCUT2D eigenvalue weighted by Gasteiger charge is -2.17. The van der Waals surface area contributed by atoms with Crippen LogP contribution in [0.1, 0.15) is 17.5 Å². The molecule has 0 spiro atoms. The van der Waals surface area contributed by atoms with Crippen molar-refractivity contribution in [3.05, 3.63) is 65.7 Å². The van der Waals surface area contributed by atoms with Gasteiger partial charge in [0.15, 0.2) is 0 Å². The maximum Gasteiger partial charge on any atom is 0.119 e. The number of ether oxygens (including phenoxy) is 1. The van der Waals surface area contributed by atoms with E-state index in [0.717, 1.165) is 31.9 Å². The minimum Gasteiger partial charge on any atom is -0.494 e. The minimum atomic E-state index is 0.600. The van der Waals surface area contributed by atoms with Crippen LogP contribution in [-0.2, 0) is 13.1 Å². The van der Waals surface area contributed by atoms with Gasteiger partial charge in [-0.2, -0.15) is 0 Å². The Morgan fingerprint density at radius 3 is 2.52 bits per heavy atom. The first kappa shape index (κ1) is 15.5. The zero-order valence-corrected chi connectivity index (χ0v) is 12.7. The van der Waals surface area contributed by atoms with Crippen LogP contribution in [0.3, 0.4) is 0 Å². The number of rotatable bonds is 8. The Morgan fingerprint density at radius 2 is 1.76 bits per heavy atom. The minimum absolute atomic E-state index is 0.600. The molecular weight excluding hydrogens is 260 g/mol. The maximum absolute atomic E-state index is 5.70. The highest BCUT2D eigenvalue weighted by molar-refractivity contribution is 5.23. The maximum atomic E-state index is 5.70. The second kappa shape index (κ2) is 8.45. The first-order chi connectivity index (χ1) is 10.3. The lowest BCUT2D eigenvalue weighted by Crippen LogP contribution is -2.21.